The Morgan fingerprint density at radius 3 is 2.67 bits per heavy atom. The molecule has 0 N–H and O–H groups in total. The molecular weight excluding hydrogens is 188 g/mol. The van der Waals surface area contributed by atoms with Crippen LogP contribution >= 0.6 is 0 Å². The van der Waals surface area contributed by atoms with E-state index in [0.29, 0.717) is 17.1 Å². The molecule has 0 aliphatic carbocycles. The van der Waals surface area contributed by atoms with Crippen molar-refractivity contribution in [1.29, 1.82) is 0 Å². The number of aromatic nitrogens is 2. The fourth-order valence-electron chi connectivity index (χ4n) is 1.09. The lowest BCUT2D eigenvalue weighted by molar-refractivity contribution is 0.112. The van der Waals surface area contributed by atoms with Gasteiger partial charge in [0.1, 0.15) is 0 Å². The van der Waals surface area contributed by atoms with Crippen molar-refractivity contribution in [3.8, 4) is 0 Å². The SMILES string of the molecule is C=C/C=C(\C=C)c1ncc(C=O)c(C)n1. The Balaban J connectivity index is 3.21. The van der Waals surface area contributed by atoms with E-state index in [1.165, 1.54) is 6.20 Å². The van der Waals surface area contributed by atoms with E-state index in [9.17, 15) is 4.79 Å². The molecule has 3 nitrogen and oxygen atoms in total. The third-order valence-electron chi connectivity index (χ3n) is 1.92. The second-order valence-electron chi connectivity index (χ2n) is 2.91. The quantitative estimate of drug-likeness (QED) is 0.553. The van der Waals surface area contributed by atoms with E-state index >= 15 is 0 Å². The standard InChI is InChI=1S/C12H12N2O/c1-4-6-10(5-2)12-13-7-11(8-15)9(3)14-12/h4-8H,1-2H2,3H3/b10-6+. The first-order valence-electron chi connectivity index (χ1n) is 4.47. The van der Waals surface area contributed by atoms with Crippen molar-refractivity contribution in [2.45, 2.75) is 6.92 Å². The Morgan fingerprint density at radius 1 is 1.47 bits per heavy atom. The number of nitrogens with zero attached hydrogens (tertiary/aromatic N) is 2. The van der Waals surface area contributed by atoms with E-state index in [4.69, 9.17) is 0 Å². The van der Waals surface area contributed by atoms with Crippen molar-refractivity contribution in [3.63, 3.8) is 0 Å². The van der Waals surface area contributed by atoms with Gasteiger partial charge >= 0.3 is 0 Å². The van der Waals surface area contributed by atoms with Crippen LogP contribution in [0.5, 0.6) is 0 Å². The fraction of sp³-hybridized carbons (Fsp3) is 0.0833. The maximum atomic E-state index is 10.6. The van der Waals surface area contributed by atoms with Gasteiger partial charge in [-0.2, -0.15) is 0 Å². The van der Waals surface area contributed by atoms with Crippen molar-refractivity contribution < 1.29 is 4.79 Å². The zero-order valence-electron chi connectivity index (χ0n) is 8.60. The molecule has 3 heteroatoms. The van der Waals surface area contributed by atoms with Crippen LogP contribution in [-0.4, -0.2) is 16.3 Å². The predicted octanol–water partition coefficient (Wildman–Crippen LogP) is 2.35. The average Bonchev–Trinajstić information content (AvgIpc) is 2.25. The van der Waals surface area contributed by atoms with Gasteiger partial charge in [0, 0.05) is 11.8 Å². The lowest BCUT2D eigenvalue weighted by Crippen LogP contribution is -1.98. The van der Waals surface area contributed by atoms with Gasteiger partial charge in [-0.3, -0.25) is 4.79 Å². The van der Waals surface area contributed by atoms with Crippen LogP contribution in [0.15, 0.2) is 37.6 Å². The summed E-state index contributed by atoms with van der Waals surface area (Å²) in [5.41, 5.74) is 1.94. The zero-order valence-corrected chi connectivity index (χ0v) is 8.60. The van der Waals surface area contributed by atoms with Gasteiger partial charge in [0.2, 0.25) is 0 Å². The van der Waals surface area contributed by atoms with E-state index in [2.05, 4.69) is 23.1 Å². The maximum absolute atomic E-state index is 10.6. The van der Waals surface area contributed by atoms with Gasteiger partial charge < -0.3 is 0 Å². The molecule has 0 aliphatic rings. The number of aryl methyl sites for hydroxylation is 1. The molecule has 0 saturated carbocycles. The van der Waals surface area contributed by atoms with Crippen molar-refractivity contribution in [2.24, 2.45) is 0 Å². The minimum atomic E-state index is 0.501. The van der Waals surface area contributed by atoms with Crippen LogP contribution in [-0.2, 0) is 0 Å². The summed E-state index contributed by atoms with van der Waals surface area (Å²) in [6.45, 7) is 9.02. The smallest absolute Gasteiger partial charge is 0.159 e. The molecule has 0 bridgehead atoms. The van der Waals surface area contributed by atoms with Gasteiger partial charge in [-0.15, -0.1) is 0 Å². The van der Waals surface area contributed by atoms with Crippen LogP contribution in [0.1, 0.15) is 21.9 Å². The topological polar surface area (TPSA) is 42.9 Å². The number of allylic oxidation sites excluding steroid dienone is 4. The highest BCUT2D eigenvalue weighted by molar-refractivity contribution is 5.77. The Bertz CT molecular complexity index is 433. The number of hydrogen-bond acceptors (Lipinski definition) is 3. The van der Waals surface area contributed by atoms with Crippen LogP contribution in [0.25, 0.3) is 5.57 Å². The van der Waals surface area contributed by atoms with Crippen LogP contribution in [0, 0.1) is 6.92 Å². The second kappa shape index (κ2) is 5.00. The molecular formula is C12H12N2O. The molecule has 0 atom stereocenters. The summed E-state index contributed by atoms with van der Waals surface area (Å²) in [5.74, 6) is 0.549. The molecule has 0 unspecified atom stereocenters. The monoisotopic (exact) mass is 200 g/mol. The summed E-state index contributed by atoms with van der Waals surface area (Å²) in [5, 5.41) is 0. The van der Waals surface area contributed by atoms with Crippen LogP contribution < -0.4 is 0 Å². The summed E-state index contributed by atoms with van der Waals surface area (Å²) in [6, 6.07) is 0. The normalized spacial score (nSPS) is 10.9. The minimum absolute atomic E-state index is 0.501. The van der Waals surface area contributed by atoms with Gasteiger partial charge in [-0.05, 0) is 6.92 Å². The summed E-state index contributed by atoms with van der Waals surface area (Å²) in [4.78, 5) is 18.8. The number of hydrogen-bond donors (Lipinski definition) is 0. The van der Waals surface area contributed by atoms with E-state index in [1.807, 2.05) is 0 Å². The van der Waals surface area contributed by atoms with Gasteiger partial charge in [0.25, 0.3) is 0 Å². The Morgan fingerprint density at radius 2 is 2.20 bits per heavy atom. The van der Waals surface area contributed by atoms with Gasteiger partial charge in [-0.1, -0.05) is 31.4 Å². The molecule has 0 amide bonds. The number of carbonyl (C=O) groups is 1. The highest BCUT2D eigenvalue weighted by atomic mass is 16.1. The summed E-state index contributed by atoms with van der Waals surface area (Å²) >= 11 is 0. The molecule has 1 rings (SSSR count). The largest absolute Gasteiger partial charge is 0.298 e. The molecule has 15 heavy (non-hydrogen) atoms. The van der Waals surface area contributed by atoms with Crippen molar-refractivity contribution in [1.82, 2.24) is 9.97 Å². The van der Waals surface area contributed by atoms with Crippen molar-refractivity contribution >= 4 is 11.9 Å². The Kier molecular flexibility index (Phi) is 3.68. The highest BCUT2D eigenvalue weighted by Crippen LogP contribution is 2.12. The van der Waals surface area contributed by atoms with E-state index in [0.717, 1.165) is 11.9 Å². The number of rotatable bonds is 4. The minimum Gasteiger partial charge on any atom is -0.298 e. The molecule has 1 aromatic heterocycles. The average molecular weight is 200 g/mol. The molecule has 76 valence electrons. The first kappa shape index (κ1) is 11.0. The molecule has 1 aromatic rings. The van der Waals surface area contributed by atoms with Gasteiger partial charge in [0.15, 0.2) is 12.1 Å². The third-order valence-corrected chi connectivity index (χ3v) is 1.92. The van der Waals surface area contributed by atoms with E-state index in [1.54, 1.807) is 25.2 Å². The fourth-order valence-corrected chi connectivity index (χ4v) is 1.09. The molecule has 0 fully saturated rings. The lowest BCUT2D eigenvalue weighted by atomic mass is 10.2. The molecule has 0 spiro atoms. The lowest BCUT2D eigenvalue weighted by Gasteiger charge is -2.02. The molecule has 1 heterocycles. The zero-order chi connectivity index (χ0) is 11.3. The first-order valence-corrected chi connectivity index (χ1v) is 4.47. The predicted molar refractivity (Wildman–Crippen MR) is 60.5 cm³/mol. The Hall–Kier alpha value is -2.03. The number of aldehydes is 1. The van der Waals surface area contributed by atoms with Gasteiger partial charge in [0.05, 0.1) is 11.3 Å². The molecule has 0 saturated heterocycles. The molecule has 0 aromatic carbocycles. The molecule has 0 aliphatic heterocycles. The second-order valence-corrected chi connectivity index (χ2v) is 2.91. The van der Waals surface area contributed by atoms with Crippen molar-refractivity contribution in [2.75, 3.05) is 0 Å². The molecule has 0 radical (unpaired) electrons. The van der Waals surface area contributed by atoms with Gasteiger partial charge in [-0.25, -0.2) is 9.97 Å². The first-order chi connectivity index (χ1) is 7.22. The summed E-state index contributed by atoms with van der Waals surface area (Å²) < 4.78 is 0. The van der Waals surface area contributed by atoms with Crippen LogP contribution in [0.3, 0.4) is 0 Å². The van der Waals surface area contributed by atoms with Crippen LogP contribution in [0.4, 0.5) is 0 Å². The number of carbonyl (C=O) groups excluding carboxylic acids is 1. The summed E-state index contributed by atoms with van der Waals surface area (Å²) in [6.07, 6.45) is 7.30. The van der Waals surface area contributed by atoms with Crippen molar-refractivity contribution in [3.05, 3.63) is 54.7 Å². The van der Waals surface area contributed by atoms with E-state index in [-0.39, 0.29) is 0 Å². The van der Waals surface area contributed by atoms with E-state index < -0.39 is 0 Å². The van der Waals surface area contributed by atoms with Crippen LogP contribution in [0.2, 0.25) is 0 Å². The third kappa shape index (κ3) is 2.47. The maximum Gasteiger partial charge on any atom is 0.159 e. The Labute approximate surface area is 88.9 Å². The summed E-state index contributed by atoms with van der Waals surface area (Å²) in [7, 11) is 0. The highest BCUT2D eigenvalue weighted by Gasteiger charge is 2.04.